The van der Waals surface area contributed by atoms with Crippen molar-refractivity contribution >= 4 is 50.7 Å². The Morgan fingerprint density at radius 2 is 1.68 bits per heavy atom. The number of halogens is 3. The van der Waals surface area contributed by atoms with Gasteiger partial charge in [0.05, 0.1) is 11.9 Å². The zero-order chi connectivity index (χ0) is 25.6. The molecule has 0 saturated carbocycles. The predicted octanol–water partition coefficient (Wildman–Crippen LogP) is 4.23. The molecule has 2 aromatic rings. The fourth-order valence-corrected chi connectivity index (χ4v) is 4.51. The molecular formula is C23H28Cl2FN3O4S. The molecule has 2 aromatic carbocycles. The Morgan fingerprint density at radius 3 is 2.21 bits per heavy atom. The monoisotopic (exact) mass is 531 g/mol. The SMILES string of the molecule is CC[C@H](C)NC(=O)[C@@H](C)N(Cc1c(Cl)cccc1Cl)C(=O)CN(c1cccc(F)c1)S(C)(=O)=O. The quantitative estimate of drug-likeness (QED) is 0.496. The van der Waals surface area contributed by atoms with Gasteiger partial charge in [-0.25, -0.2) is 12.8 Å². The Kier molecular flexibility index (Phi) is 9.73. The molecule has 0 fully saturated rings. The maximum Gasteiger partial charge on any atom is 0.244 e. The van der Waals surface area contributed by atoms with E-state index in [0.717, 1.165) is 16.6 Å². The van der Waals surface area contributed by atoms with E-state index in [4.69, 9.17) is 23.2 Å². The van der Waals surface area contributed by atoms with Crippen molar-refractivity contribution in [2.45, 2.75) is 45.8 Å². The van der Waals surface area contributed by atoms with Crippen LogP contribution in [0, 0.1) is 5.82 Å². The van der Waals surface area contributed by atoms with Gasteiger partial charge in [-0.05, 0) is 50.6 Å². The topological polar surface area (TPSA) is 86.8 Å². The molecule has 2 rings (SSSR count). The van der Waals surface area contributed by atoms with Crippen LogP contribution in [0.25, 0.3) is 0 Å². The highest BCUT2D eigenvalue weighted by molar-refractivity contribution is 7.92. The van der Waals surface area contributed by atoms with E-state index in [0.29, 0.717) is 22.0 Å². The van der Waals surface area contributed by atoms with Crippen LogP contribution in [0.4, 0.5) is 10.1 Å². The fraction of sp³-hybridized carbons (Fsp3) is 0.391. The molecule has 0 aliphatic carbocycles. The van der Waals surface area contributed by atoms with Crippen LogP contribution in [0.5, 0.6) is 0 Å². The van der Waals surface area contributed by atoms with E-state index in [-0.39, 0.29) is 18.3 Å². The molecule has 34 heavy (non-hydrogen) atoms. The second-order valence-corrected chi connectivity index (χ2v) is 10.7. The van der Waals surface area contributed by atoms with Crippen molar-refractivity contribution in [3.05, 3.63) is 63.9 Å². The number of carbonyl (C=O) groups excluding carboxylic acids is 2. The summed E-state index contributed by atoms with van der Waals surface area (Å²) < 4.78 is 39.5. The van der Waals surface area contributed by atoms with E-state index in [1.165, 1.54) is 30.0 Å². The Hall–Kier alpha value is -2.36. The summed E-state index contributed by atoms with van der Waals surface area (Å²) in [5.41, 5.74) is 0.405. The van der Waals surface area contributed by atoms with Gasteiger partial charge < -0.3 is 10.2 Å². The first-order valence-corrected chi connectivity index (χ1v) is 13.2. The molecule has 186 valence electrons. The Labute approximate surface area is 209 Å². The molecule has 0 saturated heterocycles. The number of nitrogens with one attached hydrogen (secondary N) is 1. The third-order valence-corrected chi connectivity index (χ3v) is 7.18. The van der Waals surface area contributed by atoms with Crippen molar-refractivity contribution in [3.63, 3.8) is 0 Å². The van der Waals surface area contributed by atoms with Crippen molar-refractivity contribution in [2.75, 3.05) is 17.1 Å². The summed E-state index contributed by atoms with van der Waals surface area (Å²) in [7, 11) is -3.95. The Bertz CT molecular complexity index is 1130. The highest BCUT2D eigenvalue weighted by atomic mass is 35.5. The fourth-order valence-electron chi connectivity index (χ4n) is 3.15. The van der Waals surface area contributed by atoms with Crippen molar-refractivity contribution in [1.29, 1.82) is 0 Å². The van der Waals surface area contributed by atoms with Gasteiger partial charge in [0.2, 0.25) is 21.8 Å². The molecule has 0 heterocycles. The number of amides is 2. The van der Waals surface area contributed by atoms with Crippen LogP contribution in [-0.2, 0) is 26.2 Å². The summed E-state index contributed by atoms with van der Waals surface area (Å²) in [4.78, 5) is 27.5. The Balaban J connectivity index is 2.45. The van der Waals surface area contributed by atoms with Crippen molar-refractivity contribution in [3.8, 4) is 0 Å². The maximum atomic E-state index is 13.8. The number of rotatable bonds is 10. The maximum absolute atomic E-state index is 13.8. The molecule has 0 spiro atoms. The lowest BCUT2D eigenvalue weighted by atomic mass is 10.1. The van der Waals surface area contributed by atoms with Gasteiger partial charge in [-0.3, -0.25) is 13.9 Å². The molecule has 0 unspecified atom stereocenters. The summed E-state index contributed by atoms with van der Waals surface area (Å²) in [6.07, 6.45) is 1.60. The second-order valence-electron chi connectivity index (χ2n) is 7.97. The molecule has 0 bridgehead atoms. The van der Waals surface area contributed by atoms with Gasteiger partial charge in [-0.1, -0.05) is 42.3 Å². The van der Waals surface area contributed by atoms with Crippen LogP contribution in [0.2, 0.25) is 10.0 Å². The lowest BCUT2D eigenvalue weighted by molar-refractivity contribution is -0.139. The minimum Gasteiger partial charge on any atom is -0.352 e. The van der Waals surface area contributed by atoms with Gasteiger partial charge in [0.1, 0.15) is 18.4 Å². The molecule has 11 heteroatoms. The van der Waals surface area contributed by atoms with Gasteiger partial charge in [0.15, 0.2) is 0 Å². The van der Waals surface area contributed by atoms with Gasteiger partial charge in [0.25, 0.3) is 0 Å². The number of benzene rings is 2. The zero-order valence-electron chi connectivity index (χ0n) is 19.4. The first-order valence-electron chi connectivity index (χ1n) is 10.6. The number of nitrogens with zero attached hydrogens (tertiary/aromatic N) is 2. The molecule has 2 atom stereocenters. The van der Waals surface area contributed by atoms with Gasteiger partial charge in [-0.15, -0.1) is 0 Å². The average Bonchev–Trinajstić information content (AvgIpc) is 2.75. The van der Waals surface area contributed by atoms with Crippen LogP contribution in [0.3, 0.4) is 0 Å². The molecule has 7 nitrogen and oxygen atoms in total. The smallest absolute Gasteiger partial charge is 0.244 e. The second kappa shape index (κ2) is 11.9. The summed E-state index contributed by atoms with van der Waals surface area (Å²) >= 11 is 12.6. The molecule has 1 N–H and O–H groups in total. The van der Waals surface area contributed by atoms with Crippen LogP contribution in [0.1, 0.15) is 32.8 Å². The first-order chi connectivity index (χ1) is 15.8. The zero-order valence-corrected chi connectivity index (χ0v) is 21.7. The first kappa shape index (κ1) is 27.9. The largest absolute Gasteiger partial charge is 0.352 e. The molecular weight excluding hydrogens is 504 g/mol. The number of sulfonamides is 1. The summed E-state index contributed by atoms with van der Waals surface area (Å²) in [5, 5.41) is 3.41. The Morgan fingerprint density at radius 1 is 1.09 bits per heavy atom. The lowest BCUT2D eigenvalue weighted by Crippen LogP contribution is -2.52. The van der Waals surface area contributed by atoms with Gasteiger partial charge >= 0.3 is 0 Å². The minimum atomic E-state index is -3.95. The number of carbonyl (C=O) groups is 2. The van der Waals surface area contributed by atoms with E-state index in [1.807, 2.05) is 13.8 Å². The van der Waals surface area contributed by atoms with Crippen LogP contribution < -0.4 is 9.62 Å². The van der Waals surface area contributed by atoms with E-state index in [9.17, 15) is 22.4 Å². The molecule has 2 amide bonds. The van der Waals surface area contributed by atoms with Crippen LogP contribution in [-0.4, -0.2) is 50.0 Å². The number of hydrogen-bond donors (Lipinski definition) is 1. The highest BCUT2D eigenvalue weighted by Crippen LogP contribution is 2.27. The average molecular weight is 532 g/mol. The van der Waals surface area contributed by atoms with Crippen LogP contribution in [0.15, 0.2) is 42.5 Å². The third-order valence-electron chi connectivity index (χ3n) is 5.33. The summed E-state index contributed by atoms with van der Waals surface area (Å²) in [6.45, 7) is 4.49. The minimum absolute atomic E-state index is 0.0108. The highest BCUT2D eigenvalue weighted by Gasteiger charge is 2.31. The van der Waals surface area contributed by atoms with E-state index in [2.05, 4.69) is 5.32 Å². The molecule has 0 aliphatic rings. The number of hydrogen-bond acceptors (Lipinski definition) is 4. The molecule has 0 radical (unpaired) electrons. The van der Waals surface area contributed by atoms with E-state index >= 15 is 0 Å². The summed E-state index contributed by atoms with van der Waals surface area (Å²) in [5.74, 6) is -1.75. The standard InChI is InChI=1S/C23H28Cl2FN3O4S/c1-5-15(2)27-23(31)16(3)28(13-19-20(24)10-7-11-21(19)25)22(30)14-29(34(4,32)33)18-9-6-8-17(26)12-18/h6-12,15-16H,5,13-14H2,1-4H3,(H,27,31)/t15-,16+/m0/s1. The number of anilines is 1. The van der Waals surface area contributed by atoms with E-state index < -0.39 is 40.2 Å². The third kappa shape index (κ3) is 7.32. The molecule has 0 aromatic heterocycles. The van der Waals surface area contributed by atoms with Gasteiger partial charge in [0, 0.05) is 28.2 Å². The van der Waals surface area contributed by atoms with Crippen LogP contribution >= 0.6 is 23.2 Å². The van der Waals surface area contributed by atoms with Gasteiger partial charge in [-0.2, -0.15) is 0 Å². The molecule has 0 aliphatic heterocycles. The predicted molar refractivity (Wildman–Crippen MR) is 133 cm³/mol. The lowest BCUT2D eigenvalue weighted by Gasteiger charge is -2.32. The van der Waals surface area contributed by atoms with Crippen molar-refractivity contribution < 1.29 is 22.4 Å². The normalized spacial score (nSPS) is 13.1. The summed E-state index contributed by atoms with van der Waals surface area (Å²) in [6, 6.07) is 8.66. The van der Waals surface area contributed by atoms with Crippen molar-refractivity contribution in [2.24, 2.45) is 0 Å². The van der Waals surface area contributed by atoms with Crippen molar-refractivity contribution in [1.82, 2.24) is 10.2 Å². The van der Waals surface area contributed by atoms with E-state index in [1.54, 1.807) is 18.2 Å².